The molecule has 8 heterocycles. The number of carbonyl (C=O) groups excluding carboxylic acids is 5. The molecule has 2 aromatic heterocycles. The summed E-state index contributed by atoms with van der Waals surface area (Å²) in [6, 6.07) is 20.9. The first-order valence-corrected chi connectivity index (χ1v) is 28.5. The van der Waals surface area contributed by atoms with Crippen molar-refractivity contribution in [1.82, 2.24) is 39.6 Å². The maximum absolute atomic E-state index is 15.1. The maximum atomic E-state index is 15.1. The number of rotatable bonds is 11. The molecule has 404 valence electrons. The Morgan fingerprint density at radius 1 is 0.792 bits per heavy atom. The van der Waals surface area contributed by atoms with Crippen molar-refractivity contribution in [3.8, 4) is 11.3 Å². The van der Waals surface area contributed by atoms with Gasteiger partial charge in [0, 0.05) is 88.8 Å². The van der Waals surface area contributed by atoms with Gasteiger partial charge in [0.2, 0.25) is 23.6 Å². The van der Waals surface area contributed by atoms with Crippen molar-refractivity contribution in [2.75, 3.05) is 62.7 Å². The van der Waals surface area contributed by atoms with E-state index in [0.717, 1.165) is 106 Å². The van der Waals surface area contributed by atoms with Gasteiger partial charge in [-0.05, 0) is 143 Å². The van der Waals surface area contributed by atoms with E-state index in [2.05, 4.69) is 47.6 Å². The highest BCUT2D eigenvalue weighted by Gasteiger charge is 2.54. The van der Waals surface area contributed by atoms with Gasteiger partial charge in [0.15, 0.2) is 5.82 Å². The van der Waals surface area contributed by atoms with Crippen LogP contribution in [0.2, 0.25) is 0 Å². The average molecular weight is 1050 g/mol. The number of nitrogens with zero attached hydrogens (tertiary/aromatic N) is 8. The first kappa shape index (κ1) is 51.2. The van der Waals surface area contributed by atoms with Crippen LogP contribution in [0.1, 0.15) is 132 Å². The quantitative estimate of drug-likeness (QED) is 0.122. The van der Waals surface area contributed by atoms with E-state index in [9.17, 15) is 24.0 Å². The summed E-state index contributed by atoms with van der Waals surface area (Å²) >= 11 is 0. The molecule has 3 aromatic carbocycles. The number of nitrogens with one attached hydrogen (secondary N) is 2. The Morgan fingerprint density at radius 2 is 1.53 bits per heavy atom. The zero-order valence-corrected chi connectivity index (χ0v) is 44.5. The van der Waals surface area contributed by atoms with Crippen LogP contribution < -0.4 is 15.7 Å². The zero-order valence-electron chi connectivity index (χ0n) is 44.5. The molecule has 4 saturated heterocycles. The number of halogens is 1. The minimum atomic E-state index is -0.872. The number of carbonyl (C=O) groups is 5. The second-order valence-electron chi connectivity index (χ2n) is 23.2. The number of amides is 5. The fraction of sp³-hybridized carbons (Fsp3) is 0.517. The molecule has 0 bridgehead atoms. The van der Waals surface area contributed by atoms with Crippen LogP contribution in [0.4, 0.5) is 21.6 Å². The molecular formula is C60H71FN10O6. The van der Waals surface area contributed by atoms with Crippen LogP contribution in [0, 0.1) is 23.6 Å². The Bertz CT molecular complexity index is 3090. The van der Waals surface area contributed by atoms with Gasteiger partial charge >= 0.3 is 0 Å². The number of hydrogen-bond acceptors (Lipinski definition) is 11. The molecule has 5 fully saturated rings. The molecule has 1 unspecified atom stereocenters. The van der Waals surface area contributed by atoms with Crippen molar-refractivity contribution in [1.29, 1.82) is 0 Å². The van der Waals surface area contributed by atoms with Crippen molar-refractivity contribution in [2.24, 2.45) is 17.8 Å². The van der Waals surface area contributed by atoms with Crippen LogP contribution in [-0.2, 0) is 47.3 Å². The third-order valence-electron chi connectivity index (χ3n) is 18.1. The molecular weight excluding hydrogens is 976 g/mol. The van der Waals surface area contributed by atoms with Gasteiger partial charge in [0.1, 0.15) is 11.3 Å². The number of fused-ring (bicyclic) bond motifs is 4. The first-order valence-electron chi connectivity index (χ1n) is 28.5. The van der Waals surface area contributed by atoms with Gasteiger partial charge in [-0.15, -0.1) is 0 Å². The van der Waals surface area contributed by atoms with Crippen molar-refractivity contribution in [3.05, 3.63) is 101 Å². The monoisotopic (exact) mass is 1050 g/mol. The Balaban J connectivity index is 0.671. The van der Waals surface area contributed by atoms with Gasteiger partial charge in [-0.25, -0.2) is 14.4 Å². The summed E-state index contributed by atoms with van der Waals surface area (Å²) in [6.45, 7) is 10.5. The fourth-order valence-corrected chi connectivity index (χ4v) is 13.6. The molecule has 1 aliphatic carbocycles. The fourth-order valence-electron chi connectivity index (χ4n) is 13.6. The molecule has 17 heteroatoms. The molecule has 0 radical (unpaired) electrons. The lowest BCUT2D eigenvalue weighted by Gasteiger charge is -2.41. The normalized spacial score (nSPS) is 23.4. The predicted molar refractivity (Wildman–Crippen MR) is 290 cm³/mol. The number of imide groups is 1. The summed E-state index contributed by atoms with van der Waals surface area (Å²) in [7, 11) is 0. The molecule has 6 aliphatic heterocycles. The molecule has 77 heavy (non-hydrogen) atoms. The van der Waals surface area contributed by atoms with Gasteiger partial charge < -0.3 is 19.7 Å². The zero-order chi connectivity index (χ0) is 53.0. The van der Waals surface area contributed by atoms with Crippen molar-refractivity contribution in [2.45, 2.75) is 128 Å². The van der Waals surface area contributed by atoms with Crippen LogP contribution in [-0.4, -0.2) is 116 Å². The molecule has 12 rings (SSSR count). The highest BCUT2D eigenvalue weighted by molar-refractivity contribution is 6.07. The lowest BCUT2D eigenvalue weighted by atomic mass is 9.73. The van der Waals surface area contributed by atoms with Crippen LogP contribution in [0.15, 0.2) is 73.1 Å². The molecule has 16 nitrogen and oxygen atoms in total. The third-order valence-corrected chi connectivity index (χ3v) is 18.1. The summed E-state index contributed by atoms with van der Waals surface area (Å²) in [5.41, 5.74) is 7.41. The molecule has 2 N–H and O–H groups in total. The highest BCUT2D eigenvalue weighted by Crippen LogP contribution is 2.50. The SMILES string of the molecule is CC(C)n1cnc2cc(-c3ccc4c(c3)N(ON3CCCCC3)C(=O)C43CCN(C(=O)C4CCN(C(=O)C5CCC(CN6CCc7ccc(C8CCC(=O)NC8=O)cc7C6)CC5)CC4)CC3)nc(Nc3ccccc3F)c21. The van der Waals surface area contributed by atoms with E-state index in [1.54, 1.807) is 24.5 Å². The molecule has 5 aromatic rings. The number of aromatic nitrogens is 3. The number of para-hydroxylation sites is 1. The minimum Gasteiger partial charge on any atom is -0.342 e. The first-order chi connectivity index (χ1) is 37.4. The maximum Gasteiger partial charge on any atom is 0.263 e. The van der Waals surface area contributed by atoms with Crippen LogP contribution in [0.3, 0.4) is 0 Å². The lowest BCUT2D eigenvalue weighted by Crippen LogP contribution is -2.53. The summed E-state index contributed by atoms with van der Waals surface area (Å²) in [4.78, 5) is 90.4. The van der Waals surface area contributed by atoms with Gasteiger partial charge in [-0.3, -0.25) is 34.2 Å². The average Bonchev–Trinajstić information content (AvgIpc) is 4.13. The number of benzene rings is 3. The van der Waals surface area contributed by atoms with Gasteiger partial charge in [-0.1, -0.05) is 48.9 Å². The summed E-state index contributed by atoms with van der Waals surface area (Å²) < 4.78 is 17.1. The third kappa shape index (κ3) is 10.0. The van der Waals surface area contributed by atoms with E-state index in [1.807, 2.05) is 43.7 Å². The summed E-state index contributed by atoms with van der Waals surface area (Å²) in [5.74, 6) is 0.0241. The Kier molecular flexibility index (Phi) is 14.2. The van der Waals surface area contributed by atoms with Crippen molar-refractivity contribution in [3.63, 3.8) is 0 Å². The number of piperidine rings is 4. The second kappa shape index (κ2) is 21.3. The largest absolute Gasteiger partial charge is 0.342 e. The number of pyridine rings is 1. The lowest BCUT2D eigenvalue weighted by molar-refractivity contribution is -0.188. The molecule has 1 atom stereocenters. The smallest absolute Gasteiger partial charge is 0.263 e. The number of anilines is 3. The van der Waals surface area contributed by atoms with Crippen LogP contribution >= 0.6 is 0 Å². The predicted octanol–water partition coefficient (Wildman–Crippen LogP) is 8.72. The van der Waals surface area contributed by atoms with Gasteiger partial charge in [-0.2, -0.15) is 15.1 Å². The van der Waals surface area contributed by atoms with Crippen molar-refractivity contribution < 1.29 is 33.3 Å². The highest BCUT2D eigenvalue weighted by atomic mass is 19.1. The number of hydrogen-bond donors (Lipinski definition) is 2. The van der Waals surface area contributed by atoms with E-state index < -0.39 is 11.2 Å². The van der Waals surface area contributed by atoms with Gasteiger partial charge in [0.25, 0.3) is 5.91 Å². The minimum absolute atomic E-state index is 0.0193. The second-order valence-corrected chi connectivity index (χ2v) is 23.2. The topological polar surface area (TPSA) is 166 Å². The standard InChI is InChI=1S/C60H71FN10O6/c1-38(2)70-37-62-51-34-50(64-55(54(51)70)63-49-9-5-4-8-48(49)61)44-16-18-47-52(33-44)71(77-69-25-6-3-7-26-69)59(76)60(47)23-30-68(31-24-60)58(75)42-21-28-67(29-22-42)57(74)41-12-10-39(11-13-41)35-66-27-20-40-14-15-43(32-45(40)36-66)46-17-19-53(72)65-56(46)73/h4-5,8-9,14-16,18,32-34,37-39,41-42,46H,3,6-7,10-13,17,19-31,35-36H2,1-2H3,(H,63,64)(H,65,72,73). The van der Waals surface area contributed by atoms with Crippen LogP contribution in [0.5, 0.6) is 0 Å². The van der Waals surface area contributed by atoms with E-state index >= 15 is 4.39 Å². The number of hydroxylamine groups is 3. The molecule has 5 amide bonds. The van der Waals surface area contributed by atoms with E-state index in [-0.39, 0.29) is 53.3 Å². The van der Waals surface area contributed by atoms with E-state index in [0.29, 0.717) is 99.0 Å². The van der Waals surface area contributed by atoms with E-state index in [4.69, 9.17) is 14.9 Å². The summed E-state index contributed by atoms with van der Waals surface area (Å²) in [6.07, 6.45) is 12.8. The Hall–Kier alpha value is -6.56. The molecule has 7 aliphatic rings. The Morgan fingerprint density at radius 3 is 2.27 bits per heavy atom. The molecule has 1 saturated carbocycles. The molecule has 1 spiro atoms. The van der Waals surface area contributed by atoms with Crippen LogP contribution in [0.25, 0.3) is 22.3 Å². The van der Waals surface area contributed by atoms with Crippen molar-refractivity contribution >= 4 is 57.8 Å². The Labute approximate surface area is 449 Å². The summed E-state index contributed by atoms with van der Waals surface area (Å²) in [5, 5.41) is 9.13. The van der Waals surface area contributed by atoms with E-state index in [1.165, 1.54) is 22.3 Å². The van der Waals surface area contributed by atoms with Gasteiger partial charge in [0.05, 0.1) is 40.2 Å². The number of likely N-dealkylation sites (tertiary alicyclic amines) is 2. The number of imidazole rings is 1.